The summed E-state index contributed by atoms with van der Waals surface area (Å²) in [4.78, 5) is 11.5. The van der Waals surface area contributed by atoms with Crippen LogP contribution in [0.1, 0.15) is 50.3 Å². The molecule has 19 heavy (non-hydrogen) atoms. The molecule has 1 aliphatic rings. The van der Waals surface area contributed by atoms with Crippen molar-refractivity contribution in [3.63, 3.8) is 0 Å². The average molecular weight is 263 g/mol. The molecule has 1 aromatic heterocycles. The highest BCUT2D eigenvalue weighted by atomic mass is 16.1. The van der Waals surface area contributed by atoms with Crippen molar-refractivity contribution in [1.82, 2.24) is 15.2 Å². The molecule has 0 bridgehead atoms. The van der Waals surface area contributed by atoms with Crippen LogP contribution in [0.25, 0.3) is 0 Å². The number of nitrogens with one attached hydrogen (secondary N) is 2. The molecular weight excluding hydrogens is 238 g/mol. The number of aromatic nitrogens is 1. The van der Waals surface area contributed by atoms with Gasteiger partial charge in [0.15, 0.2) is 0 Å². The first kappa shape index (κ1) is 14.1. The summed E-state index contributed by atoms with van der Waals surface area (Å²) in [5, 5.41) is 6.39. The van der Waals surface area contributed by atoms with E-state index in [1.165, 1.54) is 30.4 Å². The van der Waals surface area contributed by atoms with Gasteiger partial charge in [-0.15, -0.1) is 0 Å². The lowest BCUT2D eigenvalue weighted by atomic mass is 9.91. The van der Waals surface area contributed by atoms with Crippen molar-refractivity contribution in [2.75, 3.05) is 13.1 Å². The van der Waals surface area contributed by atoms with E-state index in [4.69, 9.17) is 0 Å². The van der Waals surface area contributed by atoms with E-state index >= 15 is 0 Å². The van der Waals surface area contributed by atoms with Gasteiger partial charge in [0.1, 0.15) is 0 Å². The second-order valence-electron chi connectivity index (χ2n) is 5.18. The summed E-state index contributed by atoms with van der Waals surface area (Å²) in [7, 11) is 0. The molecule has 2 rings (SSSR count). The van der Waals surface area contributed by atoms with Gasteiger partial charge in [-0.3, -0.25) is 4.79 Å². The standard InChI is InChI=1S/C15H25N3O/c1-3-16-14-7-5-6-12-10-18(11-13(12)14)9-8-15(19)17-4-2/h10-11,14,16H,3-9H2,1-2H3,(H,17,19). The Bertz CT molecular complexity index is 425. The van der Waals surface area contributed by atoms with Gasteiger partial charge in [0.05, 0.1) is 0 Å². The van der Waals surface area contributed by atoms with E-state index in [2.05, 4.69) is 34.5 Å². The SMILES string of the molecule is CCNC(=O)CCn1cc2c(c1)C(NCC)CCC2. The number of hydrogen-bond acceptors (Lipinski definition) is 2. The molecule has 0 fully saturated rings. The Morgan fingerprint density at radius 3 is 2.95 bits per heavy atom. The largest absolute Gasteiger partial charge is 0.356 e. The molecule has 4 nitrogen and oxygen atoms in total. The molecule has 1 aliphatic carbocycles. The maximum atomic E-state index is 11.5. The van der Waals surface area contributed by atoms with Gasteiger partial charge < -0.3 is 15.2 Å². The quantitative estimate of drug-likeness (QED) is 0.824. The highest BCUT2D eigenvalue weighted by Crippen LogP contribution is 2.30. The minimum Gasteiger partial charge on any atom is -0.356 e. The molecule has 0 saturated carbocycles. The smallest absolute Gasteiger partial charge is 0.221 e. The average Bonchev–Trinajstić information content (AvgIpc) is 2.81. The van der Waals surface area contributed by atoms with Gasteiger partial charge in [-0.25, -0.2) is 0 Å². The van der Waals surface area contributed by atoms with E-state index in [1.54, 1.807) is 0 Å². The highest BCUT2D eigenvalue weighted by molar-refractivity contribution is 5.75. The fourth-order valence-corrected chi connectivity index (χ4v) is 2.85. The first-order valence-corrected chi connectivity index (χ1v) is 7.43. The Labute approximate surface area is 115 Å². The van der Waals surface area contributed by atoms with Gasteiger partial charge in [-0.05, 0) is 43.9 Å². The van der Waals surface area contributed by atoms with Gasteiger partial charge >= 0.3 is 0 Å². The minimum absolute atomic E-state index is 0.136. The Morgan fingerprint density at radius 1 is 1.37 bits per heavy atom. The number of fused-ring (bicyclic) bond motifs is 1. The number of carbonyl (C=O) groups is 1. The van der Waals surface area contributed by atoms with Crippen LogP contribution in [0.3, 0.4) is 0 Å². The van der Waals surface area contributed by atoms with Crippen molar-refractivity contribution in [3.8, 4) is 0 Å². The van der Waals surface area contributed by atoms with Crippen molar-refractivity contribution in [3.05, 3.63) is 23.5 Å². The molecule has 1 aromatic rings. The van der Waals surface area contributed by atoms with Crippen LogP contribution in [0.2, 0.25) is 0 Å². The molecule has 106 valence electrons. The van der Waals surface area contributed by atoms with Crippen molar-refractivity contribution < 1.29 is 4.79 Å². The normalized spacial score (nSPS) is 18.1. The molecule has 0 aliphatic heterocycles. The van der Waals surface area contributed by atoms with Crippen LogP contribution >= 0.6 is 0 Å². The van der Waals surface area contributed by atoms with Gasteiger partial charge in [-0.2, -0.15) is 0 Å². The van der Waals surface area contributed by atoms with Crippen LogP contribution in [0.4, 0.5) is 0 Å². The zero-order valence-corrected chi connectivity index (χ0v) is 12.0. The van der Waals surface area contributed by atoms with E-state index < -0.39 is 0 Å². The topological polar surface area (TPSA) is 46.1 Å². The Morgan fingerprint density at radius 2 is 2.21 bits per heavy atom. The van der Waals surface area contributed by atoms with Crippen LogP contribution in [0.5, 0.6) is 0 Å². The minimum atomic E-state index is 0.136. The zero-order valence-electron chi connectivity index (χ0n) is 12.0. The third-order valence-corrected chi connectivity index (χ3v) is 3.73. The molecule has 1 atom stereocenters. The molecule has 4 heteroatoms. The summed E-state index contributed by atoms with van der Waals surface area (Å²) in [5.41, 5.74) is 2.89. The first-order chi connectivity index (χ1) is 9.24. The maximum absolute atomic E-state index is 11.5. The van der Waals surface area contributed by atoms with E-state index in [9.17, 15) is 4.79 Å². The number of aryl methyl sites for hydroxylation is 2. The Balaban J connectivity index is 1.98. The predicted octanol–water partition coefficient (Wildman–Crippen LogP) is 2.00. The molecule has 0 spiro atoms. The van der Waals surface area contributed by atoms with E-state index in [0.717, 1.165) is 13.1 Å². The van der Waals surface area contributed by atoms with Crippen LogP contribution in [0, 0.1) is 0 Å². The van der Waals surface area contributed by atoms with E-state index in [1.807, 2.05) is 6.92 Å². The van der Waals surface area contributed by atoms with Crippen molar-refractivity contribution in [2.45, 2.75) is 52.1 Å². The van der Waals surface area contributed by atoms with Crippen LogP contribution in [-0.4, -0.2) is 23.6 Å². The van der Waals surface area contributed by atoms with Gasteiger partial charge in [-0.1, -0.05) is 6.92 Å². The van der Waals surface area contributed by atoms with Crippen LogP contribution < -0.4 is 10.6 Å². The monoisotopic (exact) mass is 263 g/mol. The van der Waals surface area contributed by atoms with Gasteiger partial charge in [0.25, 0.3) is 0 Å². The fourth-order valence-electron chi connectivity index (χ4n) is 2.85. The number of amides is 1. The van der Waals surface area contributed by atoms with Gasteiger partial charge in [0, 0.05) is 37.9 Å². The van der Waals surface area contributed by atoms with E-state index in [-0.39, 0.29) is 5.91 Å². The lowest BCUT2D eigenvalue weighted by Gasteiger charge is -2.22. The molecule has 2 N–H and O–H groups in total. The van der Waals surface area contributed by atoms with Crippen LogP contribution in [0.15, 0.2) is 12.4 Å². The Hall–Kier alpha value is -1.29. The molecule has 1 unspecified atom stereocenters. The van der Waals surface area contributed by atoms with Crippen LogP contribution in [-0.2, 0) is 17.8 Å². The third-order valence-electron chi connectivity index (χ3n) is 3.73. The molecule has 1 heterocycles. The molecule has 0 saturated heterocycles. The predicted molar refractivity (Wildman–Crippen MR) is 77.1 cm³/mol. The lowest BCUT2D eigenvalue weighted by Crippen LogP contribution is -2.24. The molecule has 0 radical (unpaired) electrons. The molecule has 1 amide bonds. The second kappa shape index (κ2) is 6.75. The first-order valence-electron chi connectivity index (χ1n) is 7.43. The fraction of sp³-hybridized carbons (Fsp3) is 0.667. The zero-order chi connectivity index (χ0) is 13.7. The second-order valence-corrected chi connectivity index (χ2v) is 5.18. The molecular formula is C15H25N3O. The lowest BCUT2D eigenvalue weighted by molar-refractivity contribution is -0.121. The number of rotatable bonds is 6. The number of hydrogen-bond donors (Lipinski definition) is 2. The third kappa shape index (κ3) is 3.60. The van der Waals surface area contributed by atoms with E-state index in [0.29, 0.717) is 19.0 Å². The number of nitrogens with zero attached hydrogens (tertiary/aromatic N) is 1. The summed E-state index contributed by atoms with van der Waals surface area (Å²) in [6.45, 7) is 6.60. The summed E-state index contributed by atoms with van der Waals surface area (Å²) < 4.78 is 2.18. The number of carbonyl (C=O) groups excluding carboxylic acids is 1. The summed E-state index contributed by atoms with van der Waals surface area (Å²) in [6, 6.07) is 0.500. The summed E-state index contributed by atoms with van der Waals surface area (Å²) in [5.74, 6) is 0.136. The van der Waals surface area contributed by atoms with Crippen molar-refractivity contribution in [2.24, 2.45) is 0 Å². The van der Waals surface area contributed by atoms with Crippen molar-refractivity contribution in [1.29, 1.82) is 0 Å². The maximum Gasteiger partial charge on any atom is 0.221 e. The summed E-state index contributed by atoms with van der Waals surface area (Å²) >= 11 is 0. The van der Waals surface area contributed by atoms with Gasteiger partial charge in [0.2, 0.25) is 5.91 Å². The molecule has 0 aromatic carbocycles. The Kier molecular flexibility index (Phi) is 5.02. The highest BCUT2D eigenvalue weighted by Gasteiger charge is 2.21. The summed E-state index contributed by atoms with van der Waals surface area (Å²) in [6.07, 6.45) is 8.66. The van der Waals surface area contributed by atoms with Crippen molar-refractivity contribution >= 4 is 5.91 Å².